The summed E-state index contributed by atoms with van der Waals surface area (Å²) >= 11 is 0. The van der Waals surface area contributed by atoms with E-state index in [1.165, 1.54) is 102 Å². The summed E-state index contributed by atoms with van der Waals surface area (Å²) in [5.74, 6) is -0.676. The molecule has 0 radical (unpaired) electrons. The quantitative estimate of drug-likeness (QED) is 0.0379. The van der Waals surface area contributed by atoms with Crippen LogP contribution in [0.15, 0.2) is 12.2 Å². The molecule has 0 unspecified atom stereocenters. The molecule has 0 aliphatic carbocycles. The van der Waals surface area contributed by atoms with E-state index in [-0.39, 0.29) is 0 Å². The van der Waals surface area contributed by atoms with Gasteiger partial charge in [0.1, 0.15) is 0 Å². The van der Waals surface area contributed by atoms with E-state index in [0.29, 0.717) is 12.0 Å². The van der Waals surface area contributed by atoms with Crippen LogP contribution in [0, 0.1) is 0 Å². The Morgan fingerprint density at radius 1 is 0.500 bits per heavy atom. The highest BCUT2D eigenvalue weighted by molar-refractivity contribution is 6.90. The van der Waals surface area contributed by atoms with Gasteiger partial charge in [-0.25, -0.2) is 0 Å². The number of carbonyl (C=O) groups is 1. The second kappa shape index (κ2) is 30.2. The molecule has 11 heteroatoms. The van der Waals surface area contributed by atoms with Crippen LogP contribution in [-0.4, -0.2) is 66.1 Å². The zero-order valence-corrected chi connectivity index (χ0v) is 43.3. The van der Waals surface area contributed by atoms with Gasteiger partial charge in [-0.05, 0) is 134 Å². The van der Waals surface area contributed by atoms with E-state index in [9.17, 15) is 4.79 Å². The van der Waals surface area contributed by atoms with Crippen molar-refractivity contribution in [3.05, 3.63) is 12.2 Å². The van der Waals surface area contributed by atoms with Crippen LogP contribution in [0.3, 0.4) is 0 Å². The molecule has 0 saturated heterocycles. The van der Waals surface area contributed by atoms with Gasteiger partial charge < -0.3 is 22.2 Å². The Hall–Kier alpha value is 0.134. The van der Waals surface area contributed by atoms with E-state index >= 15 is 0 Å². The van der Waals surface area contributed by atoms with E-state index in [1.54, 1.807) is 0 Å². The van der Waals surface area contributed by atoms with Gasteiger partial charge in [-0.3, -0.25) is 4.79 Å². The van der Waals surface area contributed by atoms with Crippen molar-refractivity contribution in [2.24, 2.45) is 0 Å². The molecule has 322 valence electrons. The Bertz CT molecular complexity index is 915. The van der Waals surface area contributed by atoms with Gasteiger partial charge in [0, 0.05) is 25.2 Å². The number of hydrogen-bond donors (Lipinski definition) is 1. The molecule has 0 rings (SSSR count). The second-order valence-electron chi connectivity index (χ2n) is 19.0. The summed E-state index contributed by atoms with van der Waals surface area (Å²) in [5.41, 5.74) is 0.488. The lowest BCUT2D eigenvalue weighted by atomic mass is 10.1. The lowest BCUT2D eigenvalue weighted by Crippen LogP contribution is -2.57. The first kappa shape index (κ1) is 54.1. The van der Waals surface area contributed by atoms with Crippen LogP contribution >= 0.6 is 0 Å². The van der Waals surface area contributed by atoms with Crippen LogP contribution in [0.25, 0.3) is 0 Å². The maximum absolute atomic E-state index is 10.8. The summed E-state index contributed by atoms with van der Waals surface area (Å²) in [6, 6.07) is 4.64. The van der Waals surface area contributed by atoms with E-state index in [1.807, 2.05) is 0 Å². The lowest BCUT2D eigenvalue weighted by Gasteiger charge is -2.45. The molecule has 0 fully saturated rings. The number of hydrogen-bond acceptors (Lipinski definition) is 5. The van der Waals surface area contributed by atoms with Crippen LogP contribution in [0.1, 0.15) is 156 Å². The largest absolute Gasteiger partial charge is 0.481 e. The predicted molar refractivity (Wildman–Crippen MR) is 249 cm³/mol. The van der Waals surface area contributed by atoms with Gasteiger partial charge in [-0.1, -0.05) is 110 Å². The first-order chi connectivity index (χ1) is 25.3. The first-order valence-electron chi connectivity index (χ1n) is 22.9. The molecule has 54 heavy (non-hydrogen) atoms. The van der Waals surface area contributed by atoms with Gasteiger partial charge in [0.2, 0.25) is 0 Å². The molecular formula is C43H94O6Si5. The third-order valence-electron chi connectivity index (χ3n) is 11.1. The average Bonchev–Trinajstić information content (AvgIpc) is 3.07. The molecule has 0 bridgehead atoms. The van der Waals surface area contributed by atoms with Crippen molar-refractivity contribution >= 4 is 47.8 Å². The van der Waals surface area contributed by atoms with Gasteiger partial charge in [-0.15, -0.1) is 0 Å². The zero-order chi connectivity index (χ0) is 41.0. The standard InChI is InChI=1S/C43H94O6Si5/c1-13-16-19-31-36-46-50(4,5)38-40-52(8,9)48-54(12,49-53(10,11)41-39-51(6,7)47-37-32-20-17-14-2)42(33-28-18-15-3)34-29-26-24-22-21-23-25-27-30-35-43(44)45/h24,26,42H,13-23,25,27-41H2,1-12H3,(H,44,45)/b26-24-/t42-/m0/s1. The summed E-state index contributed by atoms with van der Waals surface area (Å²) in [6.07, 6.45) is 28.8. The second-order valence-corrected chi connectivity index (χ2v) is 40.2. The maximum Gasteiger partial charge on any atom is 0.317 e. The van der Waals surface area contributed by atoms with Gasteiger partial charge in [0.05, 0.1) is 0 Å². The lowest BCUT2D eigenvalue weighted by molar-refractivity contribution is -0.137. The van der Waals surface area contributed by atoms with Crippen molar-refractivity contribution in [3.63, 3.8) is 0 Å². The van der Waals surface area contributed by atoms with Crippen LogP contribution in [0.5, 0.6) is 0 Å². The molecule has 0 aromatic heterocycles. The Morgan fingerprint density at radius 2 is 0.907 bits per heavy atom. The third kappa shape index (κ3) is 30.2. The fourth-order valence-electron chi connectivity index (χ4n) is 7.40. The molecule has 0 heterocycles. The minimum absolute atomic E-state index is 0.301. The molecule has 0 spiro atoms. The predicted octanol–water partition coefficient (Wildman–Crippen LogP) is 15.2. The molecule has 0 aromatic carbocycles. The van der Waals surface area contributed by atoms with Crippen LogP contribution in [-0.2, 0) is 21.9 Å². The van der Waals surface area contributed by atoms with Crippen molar-refractivity contribution in [1.82, 2.24) is 0 Å². The molecular weight excluding hydrogens is 753 g/mol. The molecule has 0 aromatic rings. The highest BCUT2D eigenvalue weighted by Gasteiger charge is 2.48. The number of aliphatic carboxylic acids is 1. The van der Waals surface area contributed by atoms with E-state index in [2.05, 4.69) is 91.8 Å². The third-order valence-corrected chi connectivity index (χ3v) is 29.6. The minimum atomic E-state index is -2.58. The average molecular weight is 848 g/mol. The van der Waals surface area contributed by atoms with Gasteiger partial charge in [-0.2, -0.15) is 0 Å². The Kier molecular flexibility index (Phi) is 30.3. The summed E-state index contributed by atoms with van der Waals surface area (Å²) in [5, 5.41) is 8.87. The van der Waals surface area contributed by atoms with Crippen molar-refractivity contribution in [3.8, 4) is 0 Å². The van der Waals surface area contributed by atoms with Crippen molar-refractivity contribution in [2.45, 2.75) is 244 Å². The van der Waals surface area contributed by atoms with Gasteiger partial charge in [0.25, 0.3) is 0 Å². The maximum atomic E-state index is 10.8. The fourth-order valence-corrected chi connectivity index (χ4v) is 31.6. The Labute approximate surface area is 342 Å². The minimum Gasteiger partial charge on any atom is -0.481 e. The van der Waals surface area contributed by atoms with Crippen molar-refractivity contribution < 1.29 is 27.0 Å². The number of carboxylic acid groups (broad SMARTS) is 1. The Balaban J connectivity index is 5.87. The van der Waals surface area contributed by atoms with Crippen LogP contribution < -0.4 is 0 Å². The SMILES string of the molecule is CCCCCCO[Si](C)(C)CC[Si](C)(C)O[Si](C)(O[Si](C)(C)CC[Si](C)(C)OCCCCCC)[C@H](CC/C=C\CCCCCCCC(=O)O)CCCCC. The van der Waals surface area contributed by atoms with E-state index in [4.69, 9.17) is 22.2 Å². The smallest absolute Gasteiger partial charge is 0.317 e. The van der Waals surface area contributed by atoms with Crippen LogP contribution in [0.4, 0.5) is 0 Å². The summed E-state index contributed by atoms with van der Waals surface area (Å²) in [6.45, 7) is 30.7. The molecule has 1 atom stereocenters. The monoisotopic (exact) mass is 847 g/mol. The molecule has 1 N–H and O–H groups in total. The highest BCUT2D eigenvalue weighted by Crippen LogP contribution is 2.40. The first-order valence-corrected chi connectivity index (χ1v) is 37.7. The zero-order valence-electron chi connectivity index (χ0n) is 38.3. The molecule has 0 saturated carbocycles. The number of rotatable bonds is 38. The summed E-state index contributed by atoms with van der Waals surface area (Å²) in [7, 11) is -10.2. The summed E-state index contributed by atoms with van der Waals surface area (Å²) in [4.78, 5) is 10.8. The van der Waals surface area contributed by atoms with Gasteiger partial charge >= 0.3 is 14.5 Å². The molecule has 0 aliphatic rings. The number of carboxylic acids is 1. The normalized spacial score (nSPS) is 14.0. The number of allylic oxidation sites excluding steroid dienone is 2. The van der Waals surface area contributed by atoms with Crippen LogP contribution in [0.2, 0.25) is 88.6 Å². The summed E-state index contributed by atoms with van der Waals surface area (Å²) < 4.78 is 28.5. The highest BCUT2D eigenvalue weighted by atomic mass is 28.5. The van der Waals surface area contributed by atoms with Crippen molar-refractivity contribution in [1.29, 1.82) is 0 Å². The molecule has 0 amide bonds. The fraction of sp³-hybridized carbons (Fsp3) is 0.930. The number of unbranched alkanes of at least 4 members (excludes halogenated alkanes) is 13. The van der Waals surface area contributed by atoms with Gasteiger partial charge in [0.15, 0.2) is 33.3 Å². The topological polar surface area (TPSA) is 74.2 Å². The Morgan fingerprint density at radius 3 is 1.39 bits per heavy atom. The van der Waals surface area contributed by atoms with E-state index in [0.717, 1.165) is 63.8 Å². The molecule has 0 aliphatic heterocycles. The molecule has 6 nitrogen and oxygen atoms in total. The van der Waals surface area contributed by atoms with Crippen molar-refractivity contribution in [2.75, 3.05) is 13.2 Å². The van der Waals surface area contributed by atoms with E-state index < -0.39 is 47.8 Å².